The van der Waals surface area contributed by atoms with Crippen molar-refractivity contribution in [3.8, 4) is 0 Å². The number of hydrogen-bond donors (Lipinski definition) is 1. The summed E-state index contributed by atoms with van der Waals surface area (Å²) in [6.07, 6.45) is -4.22. The Labute approximate surface area is 79.6 Å². The summed E-state index contributed by atoms with van der Waals surface area (Å²) in [5.74, 6) is -2.21. The molecule has 0 spiro atoms. The normalized spacial score (nSPS) is 29.5. The monoisotopic (exact) mass is 190 g/mol. The van der Waals surface area contributed by atoms with Crippen molar-refractivity contribution < 1.29 is 31.5 Å². The maximum Gasteiger partial charge on any atom is 0.216 e. The third-order valence-electron chi connectivity index (χ3n) is 0.389. The van der Waals surface area contributed by atoms with E-state index in [2.05, 4.69) is 0 Å². The van der Waals surface area contributed by atoms with Crippen molar-refractivity contribution in [2.45, 2.75) is 13.2 Å². The predicted molar refractivity (Wildman–Crippen MR) is 37.9 cm³/mol. The second kappa shape index (κ2) is 4.30. The van der Waals surface area contributed by atoms with Crippen LogP contribution in [0, 0.1) is 0 Å². The lowest BCUT2D eigenvalue weighted by molar-refractivity contribution is -0.118. The summed E-state index contributed by atoms with van der Waals surface area (Å²) < 4.78 is 102. The number of carbonyl (C=O) groups excluding carboxylic acids is 1. The Bertz CT molecular complexity index is 524. The molecule has 0 saturated carbocycles. The summed E-state index contributed by atoms with van der Waals surface area (Å²) in [7, 11) is -6.03. The van der Waals surface area contributed by atoms with Crippen LogP contribution in [0.4, 0.5) is 0 Å². The lowest BCUT2D eigenvalue weighted by Gasteiger charge is -2.05. The van der Waals surface area contributed by atoms with Gasteiger partial charge in [0.25, 0.3) is 0 Å². The van der Waals surface area contributed by atoms with Gasteiger partial charge in [0, 0.05) is 31.4 Å². The number of rotatable bonds is 4. The number of nitrogens with one attached hydrogen (secondary N) is 1. The fraction of sp³-hybridized carbons (Fsp3) is 0.800. The molecule has 0 aliphatic carbocycles. The summed E-state index contributed by atoms with van der Waals surface area (Å²) in [6.45, 7) is -7.60. The summed E-state index contributed by atoms with van der Waals surface area (Å²) in [5.41, 5.74) is -4.36. The highest BCUT2D eigenvalue weighted by Gasteiger charge is 1.95. The Hall–Kier alpha value is -0.620. The molecule has 0 bridgehead atoms. The van der Waals surface area contributed by atoms with E-state index in [1.807, 2.05) is 0 Å². The molecule has 0 fully saturated rings. The predicted octanol–water partition coefficient (Wildman–Crippen LogP) is -0.942. The molecule has 0 unspecified atom stereocenters. The molecule has 0 aromatic carbocycles. The molecule has 0 radical (unpaired) electrons. The standard InChI is InChI=1S/C5H11NO4S/c1-5(7)6-3-2-4-11(8,9)10/h2-4H2,1H3,(H,6,7)(H,8,9,10)/p-1/i1D3,2D2,3D2,4D2/hD. The maximum atomic E-state index is 11.3. The Morgan fingerprint density at radius 2 is 2.55 bits per heavy atom. The first kappa shape index (κ1) is 2.43. The van der Waals surface area contributed by atoms with Gasteiger partial charge in [-0.2, -0.15) is 0 Å². The first-order valence-electron chi connectivity index (χ1n) is 7.05. The van der Waals surface area contributed by atoms with E-state index in [1.54, 1.807) is 0 Å². The molecule has 11 heavy (non-hydrogen) atoms. The minimum Gasteiger partial charge on any atom is -0.748 e. The quantitative estimate of drug-likeness (QED) is 0.579. The van der Waals surface area contributed by atoms with Crippen LogP contribution in [0.2, 0.25) is 1.41 Å². The van der Waals surface area contributed by atoms with E-state index in [0.717, 1.165) is 0 Å². The van der Waals surface area contributed by atoms with Crippen molar-refractivity contribution in [3.63, 3.8) is 0 Å². The highest BCUT2D eigenvalue weighted by Crippen LogP contribution is 1.85. The van der Waals surface area contributed by atoms with E-state index in [0.29, 0.717) is 0 Å². The first-order chi connectivity index (χ1) is 8.82. The SMILES string of the molecule is [2H]N(C(=O)C([2H])([2H])[2H])C([2H])([2H])C([2H])([2H])C([2H])([2H])S(=O)(=O)[O-]. The Kier molecular flexibility index (Phi) is 0.950. The number of carbonyl (C=O) groups is 1. The summed E-state index contributed by atoms with van der Waals surface area (Å²) in [6, 6.07) is 0. The summed E-state index contributed by atoms with van der Waals surface area (Å²) >= 11 is 0. The van der Waals surface area contributed by atoms with Crippen molar-refractivity contribution in [1.29, 1.82) is 0 Å². The summed E-state index contributed by atoms with van der Waals surface area (Å²) in [4.78, 5) is 11.3. The lowest BCUT2D eigenvalue weighted by Crippen LogP contribution is -2.22. The third kappa shape index (κ3) is 9.38. The van der Waals surface area contributed by atoms with Crippen LogP contribution in [0.15, 0.2) is 0 Å². The van der Waals surface area contributed by atoms with E-state index < -0.39 is 46.8 Å². The molecule has 1 amide bonds. The smallest absolute Gasteiger partial charge is 0.216 e. The van der Waals surface area contributed by atoms with Gasteiger partial charge in [-0.05, 0) is 6.37 Å². The molecule has 0 heterocycles. The Morgan fingerprint density at radius 1 is 1.91 bits per heavy atom. The van der Waals surface area contributed by atoms with Gasteiger partial charge in [0.2, 0.25) is 5.91 Å². The molecule has 5 nitrogen and oxygen atoms in total. The molecular formula is C5H10NO4S-. The van der Waals surface area contributed by atoms with Gasteiger partial charge in [-0.1, -0.05) is 0 Å². The topological polar surface area (TPSA) is 86.3 Å². The second-order valence-corrected chi connectivity index (χ2v) is 2.32. The van der Waals surface area contributed by atoms with Crippen molar-refractivity contribution in [3.05, 3.63) is 0 Å². The molecule has 0 saturated heterocycles. The molecule has 0 aliphatic rings. The first-order valence-corrected chi connectivity index (χ1v) is 3.51. The minimum atomic E-state index is -6.03. The molecule has 0 atom stereocenters. The Balaban J connectivity index is 5.97. The highest BCUT2D eigenvalue weighted by atomic mass is 32.2. The fourth-order valence-corrected chi connectivity index (χ4v) is 0.335. The van der Waals surface area contributed by atoms with Gasteiger partial charge < -0.3 is 9.86 Å². The average molecular weight is 190 g/mol. The van der Waals surface area contributed by atoms with Gasteiger partial charge >= 0.3 is 0 Å². The van der Waals surface area contributed by atoms with Gasteiger partial charge in [-0.25, -0.2) is 8.42 Å². The molecular weight excluding hydrogens is 170 g/mol. The Morgan fingerprint density at radius 3 is 3.00 bits per heavy atom. The van der Waals surface area contributed by atoms with Crippen LogP contribution >= 0.6 is 0 Å². The van der Waals surface area contributed by atoms with Crippen LogP contribution in [0.25, 0.3) is 0 Å². The molecule has 0 aromatic heterocycles. The minimum absolute atomic E-state index is 1.04. The number of amides is 1. The van der Waals surface area contributed by atoms with Crippen LogP contribution in [-0.4, -0.2) is 31.1 Å². The summed E-state index contributed by atoms with van der Waals surface area (Å²) in [5, 5.41) is -1.04. The largest absolute Gasteiger partial charge is 0.748 e. The van der Waals surface area contributed by atoms with Crippen LogP contribution in [0.5, 0.6) is 0 Å². The lowest BCUT2D eigenvalue weighted by atomic mass is 10.5. The van der Waals surface area contributed by atoms with E-state index >= 15 is 0 Å². The molecule has 0 aromatic rings. The molecule has 66 valence electrons. The van der Waals surface area contributed by atoms with Crippen molar-refractivity contribution in [2.24, 2.45) is 0 Å². The average Bonchev–Trinajstić information content (AvgIpc) is 2.23. The van der Waals surface area contributed by atoms with Crippen LogP contribution in [0.3, 0.4) is 0 Å². The van der Waals surface area contributed by atoms with Crippen LogP contribution in [-0.2, 0) is 14.9 Å². The van der Waals surface area contributed by atoms with Crippen molar-refractivity contribution in [2.75, 3.05) is 12.2 Å². The second-order valence-electron chi connectivity index (χ2n) is 1.21. The van der Waals surface area contributed by atoms with E-state index in [-0.39, 0.29) is 0 Å². The van der Waals surface area contributed by atoms with Crippen molar-refractivity contribution >= 4 is 16.0 Å². The third-order valence-corrected chi connectivity index (χ3v) is 0.741. The molecule has 1 N–H and O–H groups in total. The molecule has 0 aliphatic heterocycles. The van der Waals surface area contributed by atoms with E-state index in [9.17, 15) is 17.8 Å². The van der Waals surface area contributed by atoms with E-state index in [4.69, 9.17) is 13.7 Å². The van der Waals surface area contributed by atoms with Gasteiger partial charge in [0.15, 0.2) is 1.41 Å². The van der Waals surface area contributed by atoms with Gasteiger partial charge in [-0.15, -0.1) is 0 Å². The van der Waals surface area contributed by atoms with Gasteiger partial charge in [0.05, 0.1) is 10.1 Å². The van der Waals surface area contributed by atoms with Crippen molar-refractivity contribution in [1.82, 2.24) is 5.31 Å². The van der Waals surface area contributed by atoms with Crippen LogP contribution < -0.4 is 5.31 Å². The van der Waals surface area contributed by atoms with E-state index in [1.165, 1.54) is 0 Å². The maximum absolute atomic E-state index is 11.3. The number of hydrogen-bond acceptors (Lipinski definition) is 4. The van der Waals surface area contributed by atoms with Gasteiger partial charge in [0.1, 0.15) is 0 Å². The molecule has 6 heteroatoms. The fourth-order valence-electron chi connectivity index (χ4n) is 0.164. The zero-order valence-corrected chi connectivity index (χ0v) is 5.80. The molecule has 0 rings (SSSR count). The zero-order valence-electron chi connectivity index (χ0n) is 15.0. The van der Waals surface area contributed by atoms with Crippen LogP contribution in [0.1, 0.15) is 25.6 Å². The van der Waals surface area contributed by atoms with Gasteiger partial charge in [-0.3, -0.25) is 4.79 Å². The highest BCUT2D eigenvalue weighted by molar-refractivity contribution is 7.85. The zero-order chi connectivity index (χ0) is 17.7.